The van der Waals surface area contributed by atoms with Crippen molar-refractivity contribution in [3.05, 3.63) is 41.0 Å². The second-order valence-electron chi connectivity index (χ2n) is 8.09. The molecule has 0 spiro atoms. The Hall–Kier alpha value is -3.62. The van der Waals surface area contributed by atoms with Gasteiger partial charge in [0.05, 0.1) is 46.9 Å². The second kappa shape index (κ2) is 8.06. The molecular weight excluding hydrogens is 432 g/mol. The Kier molecular flexibility index (Phi) is 5.19. The predicted octanol–water partition coefficient (Wildman–Crippen LogP) is 2.63. The molecule has 9 nitrogen and oxygen atoms in total. The zero-order chi connectivity index (χ0) is 23.3. The first-order chi connectivity index (χ1) is 16.0. The maximum Gasteiger partial charge on any atom is 0.313 e. The van der Waals surface area contributed by atoms with Crippen LogP contribution >= 0.6 is 0 Å². The number of carbonyl (C=O) groups is 2. The van der Waals surface area contributed by atoms with Gasteiger partial charge in [0.1, 0.15) is 0 Å². The van der Waals surface area contributed by atoms with Crippen LogP contribution in [0.5, 0.6) is 28.7 Å². The highest BCUT2D eigenvalue weighted by molar-refractivity contribution is 5.86. The highest BCUT2D eigenvalue weighted by Crippen LogP contribution is 2.56. The van der Waals surface area contributed by atoms with Gasteiger partial charge in [-0.15, -0.1) is 0 Å². The fourth-order valence-electron chi connectivity index (χ4n) is 5.28. The van der Waals surface area contributed by atoms with E-state index >= 15 is 0 Å². The third-order valence-electron chi connectivity index (χ3n) is 6.69. The molecule has 0 amide bonds. The van der Waals surface area contributed by atoms with Gasteiger partial charge in [0.25, 0.3) is 0 Å². The topological polar surface area (TPSA) is 98.8 Å². The summed E-state index contributed by atoms with van der Waals surface area (Å²) in [4.78, 5) is 25.9. The largest absolute Gasteiger partial charge is 0.493 e. The zero-order valence-corrected chi connectivity index (χ0v) is 18.7. The van der Waals surface area contributed by atoms with E-state index in [2.05, 4.69) is 0 Å². The normalized spacial score (nSPS) is 24.4. The average molecular weight is 456 g/mol. The van der Waals surface area contributed by atoms with Crippen LogP contribution in [0, 0.1) is 11.8 Å². The average Bonchev–Trinajstić information content (AvgIpc) is 3.46. The standard InChI is InChI=1S/C24H24O9/c1-27-17-5-11(6-18(28-2)22(17)29-3)19-12-7-15-16(33-10-32-15)8-13(12)20-14(9-31-24(20)26)21(19)23(25)30-4/h5-8,14,19-21H,9-10H2,1-4H3/t14-,19+,20-,21+/m0/s1. The summed E-state index contributed by atoms with van der Waals surface area (Å²) < 4.78 is 38.4. The van der Waals surface area contributed by atoms with Gasteiger partial charge in [0.15, 0.2) is 23.0 Å². The zero-order valence-electron chi connectivity index (χ0n) is 18.7. The molecule has 0 unspecified atom stereocenters. The number of hydrogen-bond donors (Lipinski definition) is 0. The number of hydrogen-bond acceptors (Lipinski definition) is 9. The van der Waals surface area contributed by atoms with Crippen molar-refractivity contribution in [3.63, 3.8) is 0 Å². The molecule has 2 aromatic rings. The summed E-state index contributed by atoms with van der Waals surface area (Å²) in [6.07, 6.45) is 0. The Bertz CT molecular complexity index is 1100. The van der Waals surface area contributed by atoms with E-state index in [4.69, 9.17) is 33.2 Å². The lowest BCUT2D eigenvalue weighted by atomic mass is 9.62. The van der Waals surface area contributed by atoms with E-state index in [0.717, 1.165) is 16.7 Å². The molecule has 0 saturated carbocycles. The third-order valence-corrected chi connectivity index (χ3v) is 6.69. The molecule has 4 atom stereocenters. The van der Waals surface area contributed by atoms with Crippen molar-refractivity contribution in [3.8, 4) is 28.7 Å². The summed E-state index contributed by atoms with van der Waals surface area (Å²) in [5.74, 6) is -0.475. The van der Waals surface area contributed by atoms with Crippen LogP contribution in [-0.2, 0) is 19.1 Å². The Morgan fingerprint density at radius 2 is 1.45 bits per heavy atom. The first kappa shape index (κ1) is 21.2. The SMILES string of the molecule is COC(=O)[C@H]1[C@H](c2cc(OC)c(OC)c(OC)c2)c2cc3c(cc2[C@@H]2C(=O)OC[C@H]12)OCO3. The van der Waals surface area contributed by atoms with Crippen molar-refractivity contribution in [1.29, 1.82) is 0 Å². The van der Waals surface area contributed by atoms with Gasteiger partial charge in [-0.2, -0.15) is 0 Å². The van der Waals surface area contributed by atoms with Crippen LogP contribution < -0.4 is 23.7 Å². The number of esters is 2. The van der Waals surface area contributed by atoms with Gasteiger partial charge in [-0.1, -0.05) is 0 Å². The number of methoxy groups -OCH3 is 4. The van der Waals surface area contributed by atoms with Crippen molar-refractivity contribution in [2.24, 2.45) is 11.8 Å². The van der Waals surface area contributed by atoms with Gasteiger partial charge >= 0.3 is 11.9 Å². The van der Waals surface area contributed by atoms with Crippen LogP contribution in [0.25, 0.3) is 0 Å². The number of carbonyl (C=O) groups excluding carboxylic acids is 2. The fourth-order valence-corrected chi connectivity index (χ4v) is 5.28. The quantitative estimate of drug-likeness (QED) is 0.629. The van der Waals surface area contributed by atoms with Gasteiger partial charge in [-0.25, -0.2) is 0 Å². The number of rotatable bonds is 5. The summed E-state index contributed by atoms with van der Waals surface area (Å²) in [5.41, 5.74) is 2.27. The minimum absolute atomic E-state index is 0.0893. The monoisotopic (exact) mass is 456 g/mol. The lowest BCUT2D eigenvalue weighted by Crippen LogP contribution is -2.39. The lowest BCUT2D eigenvalue weighted by molar-refractivity contribution is -0.148. The van der Waals surface area contributed by atoms with E-state index < -0.39 is 29.6 Å². The first-order valence-electron chi connectivity index (χ1n) is 10.5. The van der Waals surface area contributed by atoms with Crippen molar-refractivity contribution < 1.29 is 42.7 Å². The smallest absolute Gasteiger partial charge is 0.313 e. The van der Waals surface area contributed by atoms with Gasteiger partial charge < -0.3 is 33.2 Å². The van der Waals surface area contributed by atoms with Crippen molar-refractivity contribution in [2.45, 2.75) is 11.8 Å². The van der Waals surface area contributed by atoms with Crippen molar-refractivity contribution >= 4 is 11.9 Å². The van der Waals surface area contributed by atoms with Crippen LogP contribution in [0.15, 0.2) is 24.3 Å². The Labute approximate surface area is 190 Å². The van der Waals surface area contributed by atoms with Crippen LogP contribution in [-0.4, -0.2) is 53.8 Å². The van der Waals surface area contributed by atoms with E-state index in [9.17, 15) is 9.59 Å². The molecule has 9 heteroatoms. The molecule has 0 N–H and O–H groups in total. The van der Waals surface area contributed by atoms with E-state index in [1.54, 1.807) is 0 Å². The van der Waals surface area contributed by atoms with E-state index in [1.165, 1.54) is 28.4 Å². The van der Waals surface area contributed by atoms with Crippen LogP contribution in [0.4, 0.5) is 0 Å². The molecule has 3 aliphatic rings. The molecule has 0 bridgehead atoms. The van der Waals surface area contributed by atoms with Gasteiger partial charge in [0, 0.05) is 11.8 Å². The molecule has 1 saturated heterocycles. The molecular formula is C24H24O9. The van der Waals surface area contributed by atoms with Crippen molar-refractivity contribution in [2.75, 3.05) is 41.8 Å². The Balaban J connectivity index is 1.78. The molecule has 5 rings (SSSR count). The number of cyclic esters (lactones) is 1. The van der Waals surface area contributed by atoms with Crippen LogP contribution in [0.2, 0.25) is 0 Å². The predicted molar refractivity (Wildman–Crippen MR) is 113 cm³/mol. The lowest BCUT2D eigenvalue weighted by Gasteiger charge is -2.38. The molecule has 174 valence electrons. The number of ether oxygens (including phenoxy) is 7. The van der Waals surface area contributed by atoms with Gasteiger partial charge in [-0.3, -0.25) is 9.59 Å². The molecule has 33 heavy (non-hydrogen) atoms. The van der Waals surface area contributed by atoms with E-state index in [0.29, 0.717) is 28.7 Å². The van der Waals surface area contributed by atoms with Crippen LogP contribution in [0.1, 0.15) is 28.5 Å². The Morgan fingerprint density at radius 3 is 2.00 bits per heavy atom. The molecule has 1 aliphatic carbocycles. The highest BCUT2D eigenvalue weighted by atomic mass is 16.7. The van der Waals surface area contributed by atoms with E-state index in [1.807, 2.05) is 24.3 Å². The summed E-state index contributed by atoms with van der Waals surface area (Å²) in [7, 11) is 5.94. The van der Waals surface area contributed by atoms with Gasteiger partial charge in [0.2, 0.25) is 12.5 Å². The third kappa shape index (κ3) is 3.13. The molecule has 0 aromatic heterocycles. The maximum atomic E-state index is 13.1. The molecule has 1 fully saturated rings. The van der Waals surface area contributed by atoms with Crippen LogP contribution in [0.3, 0.4) is 0 Å². The molecule has 2 heterocycles. The summed E-state index contributed by atoms with van der Waals surface area (Å²) in [6, 6.07) is 7.28. The highest BCUT2D eigenvalue weighted by Gasteiger charge is 2.54. The Morgan fingerprint density at radius 1 is 0.848 bits per heavy atom. The first-order valence-corrected chi connectivity index (χ1v) is 10.5. The van der Waals surface area contributed by atoms with Gasteiger partial charge in [-0.05, 0) is 41.0 Å². The number of fused-ring (bicyclic) bond motifs is 4. The minimum Gasteiger partial charge on any atom is -0.493 e. The maximum absolute atomic E-state index is 13.1. The molecule has 0 radical (unpaired) electrons. The number of benzene rings is 2. The second-order valence-corrected chi connectivity index (χ2v) is 8.09. The fraction of sp³-hybridized carbons (Fsp3) is 0.417. The van der Waals surface area contributed by atoms with Crippen molar-refractivity contribution in [1.82, 2.24) is 0 Å². The molecule has 2 aromatic carbocycles. The minimum atomic E-state index is -0.679. The van der Waals surface area contributed by atoms with E-state index in [-0.39, 0.29) is 19.4 Å². The summed E-state index contributed by atoms with van der Waals surface area (Å²) in [5, 5.41) is 0. The summed E-state index contributed by atoms with van der Waals surface area (Å²) >= 11 is 0. The summed E-state index contributed by atoms with van der Waals surface area (Å²) in [6.45, 7) is 0.212. The molecule has 2 aliphatic heterocycles.